The Kier molecular flexibility index (Phi) is 8.50. The van der Waals surface area contributed by atoms with E-state index in [0.29, 0.717) is 22.6 Å². The summed E-state index contributed by atoms with van der Waals surface area (Å²) in [6.07, 6.45) is 10.3. The van der Waals surface area contributed by atoms with Gasteiger partial charge < -0.3 is 4.74 Å². The summed E-state index contributed by atoms with van der Waals surface area (Å²) < 4.78 is 64.2. The highest BCUT2D eigenvalue weighted by molar-refractivity contribution is 5.71. The van der Waals surface area contributed by atoms with Crippen molar-refractivity contribution in [2.45, 2.75) is 58.3 Å². The van der Waals surface area contributed by atoms with Crippen LogP contribution in [0.3, 0.4) is 0 Å². The molecule has 1 nitrogen and oxygen atoms in total. The zero-order valence-corrected chi connectivity index (χ0v) is 20.8. The van der Waals surface area contributed by atoms with E-state index in [0.717, 1.165) is 38.5 Å². The third-order valence-corrected chi connectivity index (χ3v) is 7.23. The van der Waals surface area contributed by atoms with Crippen molar-refractivity contribution < 1.29 is 22.3 Å². The summed E-state index contributed by atoms with van der Waals surface area (Å²) in [6, 6.07) is 12.5. The fraction of sp³-hybridized carbons (Fsp3) is 0.355. The molecule has 190 valence electrons. The van der Waals surface area contributed by atoms with Crippen molar-refractivity contribution in [3.05, 3.63) is 89.5 Å². The van der Waals surface area contributed by atoms with Crippen LogP contribution >= 0.6 is 0 Å². The molecule has 0 heterocycles. The van der Waals surface area contributed by atoms with Gasteiger partial charge in [0.25, 0.3) is 0 Å². The minimum Gasteiger partial charge on any atom is -0.491 e. The Balaban J connectivity index is 1.50. The van der Waals surface area contributed by atoms with E-state index in [1.165, 1.54) is 12.1 Å². The minimum absolute atomic E-state index is 0.0337. The normalized spacial score (nSPS) is 18.1. The molecule has 0 radical (unpaired) electrons. The van der Waals surface area contributed by atoms with Gasteiger partial charge in [0.1, 0.15) is 0 Å². The third-order valence-electron chi connectivity index (χ3n) is 7.23. The van der Waals surface area contributed by atoms with E-state index in [-0.39, 0.29) is 29.4 Å². The van der Waals surface area contributed by atoms with Crippen LogP contribution in [-0.4, -0.2) is 6.61 Å². The van der Waals surface area contributed by atoms with Gasteiger partial charge in [-0.1, -0.05) is 48.6 Å². The number of benzene rings is 3. The zero-order chi connectivity index (χ0) is 25.7. The second kappa shape index (κ2) is 11.8. The Morgan fingerprint density at radius 2 is 1.33 bits per heavy atom. The first-order chi connectivity index (χ1) is 17.4. The molecule has 0 spiro atoms. The Labute approximate surface area is 210 Å². The molecule has 1 saturated carbocycles. The third kappa shape index (κ3) is 5.50. The summed E-state index contributed by atoms with van der Waals surface area (Å²) in [7, 11) is 0. The van der Waals surface area contributed by atoms with Crippen LogP contribution in [-0.2, 0) is 0 Å². The maximum Gasteiger partial charge on any atom is 0.201 e. The van der Waals surface area contributed by atoms with Gasteiger partial charge in [0.05, 0.1) is 6.61 Å². The fourth-order valence-electron chi connectivity index (χ4n) is 5.21. The van der Waals surface area contributed by atoms with Gasteiger partial charge >= 0.3 is 0 Å². The molecular formula is C31H32F4O. The average Bonchev–Trinajstić information content (AvgIpc) is 2.90. The molecule has 36 heavy (non-hydrogen) atoms. The molecule has 4 rings (SSSR count). The lowest BCUT2D eigenvalue weighted by Gasteiger charge is -2.29. The van der Waals surface area contributed by atoms with Crippen molar-refractivity contribution in [3.8, 4) is 28.0 Å². The second-order valence-electron chi connectivity index (χ2n) is 9.44. The van der Waals surface area contributed by atoms with Gasteiger partial charge in [0, 0.05) is 11.1 Å². The molecule has 1 aliphatic rings. The summed E-state index contributed by atoms with van der Waals surface area (Å²) in [5, 5.41) is 0. The maximum absolute atomic E-state index is 15.1. The molecule has 0 aliphatic heterocycles. The average molecular weight is 497 g/mol. The Hall–Kier alpha value is -3.08. The van der Waals surface area contributed by atoms with Crippen molar-refractivity contribution in [2.24, 2.45) is 5.92 Å². The number of hydrogen-bond acceptors (Lipinski definition) is 1. The minimum atomic E-state index is -1.05. The van der Waals surface area contributed by atoms with E-state index in [2.05, 4.69) is 12.2 Å². The van der Waals surface area contributed by atoms with Crippen molar-refractivity contribution in [1.82, 2.24) is 0 Å². The number of hydrogen-bond donors (Lipinski definition) is 0. The highest BCUT2D eigenvalue weighted by Gasteiger charge is 2.26. The van der Waals surface area contributed by atoms with Crippen LogP contribution in [0, 0.1) is 29.2 Å². The molecule has 0 N–H and O–H groups in total. The molecule has 0 atom stereocenters. The predicted molar refractivity (Wildman–Crippen MR) is 137 cm³/mol. The van der Waals surface area contributed by atoms with Crippen LogP contribution in [0.15, 0.2) is 60.7 Å². The van der Waals surface area contributed by atoms with Crippen molar-refractivity contribution in [2.75, 3.05) is 6.61 Å². The maximum atomic E-state index is 15.1. The Morgan fingerprint density at radius 1 is 0.750 bits per heavy atom. The Morgan fingerprint density at radius 3 is 1.92 bits per heavy atom. The van der Waals surface area contributed by atoms with Gasteiger partial charge in [-0.25, -0.2) is 13.2 Å². The summed E-state index contributed by atoms with van der Waals surface area (Å²) in [5.74, 6) is -3.17. The van der Waals surface area contributed by atoms with Gasteiger partial charge in [-0.15, -0.1) is 0 Å². The van der Waals surface area contributed by atoms with Crippen LogP contribution in [0.4, 0.5) is 17.6 Å². The highest BCUT2D eigenvalue weighted by atomic mass is 19.2. The topological polar surface area (TPSA) is 9.23 Å². The van der Waals surface area contributed by atoms with Crippen LogP contribution in [0.2, 0.25) is 0 Å². The molecular weight excluding hydrogens is 464 g/mol. The smallest absolute Gasteiger partial charge is 0.201 e. The predicted octanol–water partition coefficient (Wildman–Crippen LogP) is 9.61. The van der Waals surface area contributed by atoms with Crippen molar-refractivity contribution >= 4 is 0 Å². The van der Waals surface area contributed by atoms with Gasteiger partial charge in [0.2, 0.25) is 5.82 Å². The number of allylic oxidation sites excluding steroid dienone is 2. The summed E-state index contributed by atoms with van der Waals surface area (Å²) in [6.45, 7) is 3.94. The van der Waals surface area contributed by atoms with Crippen LogP contribution in [0.1, 0.15) is 63.9 Å². The molecule has 5 heteroatoms. The second-order valence-corrected chi connectivity index (χ2v) is 9.44. The highest BCUT2D eigenvalue weighted by Crippen LogP contribution is 2.40. The lowest BCUT2D eigenvalue weighted by atomic mass is 9.77. The number of halogens is 4. The quantitative estimate of drug-likeness (QED) is 0.223. The molecule has 1 aliphatic carbocycles. The van der Waals surface area contributed by atoms with Gasteiger partial charge in [0.15, 0.2) is 23.2 Å². The molecule has 1 fully saturated rings. The van der Waals surface area contributed by atoms with E-state index in [1.807, 2.05) is 6.92 Å². The molecule has 0 saturated heterocycles. The molecule has 3 aromatic rings. The van der Waals surface area contributed by atoms with Gasteiger partial charge in [-0.3, -0.25) is 0 Å². The van der Waals surface area contributed by atoms with E-state index in [9.17, 15) is 8.78 Å². The largest absolute Gasteiger partial charge is 0.491 e. The van der Waals surface area contributed by atoms with Crippen LogP contribution < -0.4 is 4.74 Å². The first-order valence-corrected chi connectivity index (χ1v) is 12.7. The van der Waals surface area contributed by atoms with Crippen molar-refractivity contribution in [3.63, 3.8) is 0 Å². The fourth-order valence-corrected chi connectivity index (χ4v) is 5.21. The number of ether oxygens (including phenoxy) is 1. The van der Waals surface area contributed by atoms with E-state index in [1.54, 1.807) is 43.3 Å². The summed E-state index contributed by atoms with van der Waals surface area (Å²) in [5.41, 5.74) is 1.59. The van der Waals surface area contributed by atoms with Crippen LogP contribution in [0.5, 0.6) is 5.75 Å². The van der Waals surface area contributed by atoms with E-state index >= 15 is 8.78 Å². The summed E-state index contributed by atoms with van der Waals surface area (Å²) in [4.78, 5) is 0. The van der Waals surface area contributed by atoms with Gasteiger partial charge in [-0.2, -0.15) is 4.39 Å². The van der Waals surface area contributed by atoms with Crippen molar-refractivity contribution in [1.29, 1.82) is 0 Å². The summed E-state index contributed by atoms with van der Waals surface area (Å²) >= 11 is 0. The van der Waals surface area contributed by atoms with E-state index < -0.39 is 23.3 Å². The van der Waals surface area contributed by atoms with Gasteiger partial charge in [-0.05, 0) is 93.0 Å². The molecule has 0 amide bonds. The Bertz CT molecular complexity index is 1210. The number of rotatable bonds is 8. The SMILES string of the molecule is C/C=C/CCC1CCC(c2ccc(-c3ccc(-c4ccc(OCC)c(F)c4F)cc3)c(F)c2F)CC1. The molecule has 3 aromatic carbocycles. The molecule has 0 unspecified atom stereocenters. The first-order valence-electron chi connectivity index (χ1n) is 12.7. The zero-order valence-electron chi connectivity index (χ0n) is 20.8. The van der Waals surface area contributed by atoms with E-state index in [4.69, 9.17) is 4.74 Å². The lowest BCUT2D eigenvalue weighted by Crippen LogP contribution is -2.15. The lowest BCUT2D eigenvalue weighted by molar-refractivity contribution is 0.306. The molecule has 0 aromatic heterocycles. The van der Waals surface area contributed by atoms with Crippen LogP contribution in [0.25, 0.3) is 22.3 Å². The first kappa shape index (κ1) is 26.0. The standard InChI is InChI=1S/C31H32F4O/c1-3-5-6-7-20-8-10-21(11-9-20)24-16-17-25(29(33)28(24)32)22-12-14-23(15-13-22)26-18-19-27(36-4-2)31(35)30(26)34/h3,5,12-21H,4,6-11H2,1-2H3/b5-3+. The monoisotopic (exact) mass is 496 g/mol. The molecule has 0 bridgehead atoms.